The van der Waals surface area contributed by atoms with E-state index >= 15 is 0 Å². The third-order valence-electron chi connectivity index (χ3n) is 4.29. The molecule has 2 aromatic carbocycles. The Hall–Kier alpha value is -3.15. The van der Waals surface area contributed by atoms with E-state index in [9.17, 15) is 14.4 Å². The molecule has 1 fully saturated rings. The SMILES string of the molecule is COC(=O)CCN1C(=O)NC(c2ccccc2)(c2ccccc2)C1=O. The molecule has 1 aliphatic rings. The number of urea groups is 1. The molecule has 0 saturated carbocycles. The van der Waals surface area contributed by atoms with Crippen LogP contribution in [0.15, 0.2) is 60.7 Å². The number of carbonyl (C=O) groups is 3. The van der Waals surface area contributed by atoms with Crippen LogP contribution in [-0.2, 0) is 19.9 Å². The van der Waals surface area contributed by atoms with Gasteiger partial charge in [-0.25, -0.2) is 4.79 Å². The fraction of sp³-hybridized carbons (Fsp3) is 0.211. The van der Waals surface area contributed by atoms with Crippen molar-refractivity contribution in [2.75, 3.05) is 13.7 Å². The Kier molecular flexibility index (Phi) is 4.52. The highest BCUT2D eigenvalue weighted by molar-refractivity contribution is 6.09. The van der Waals surface area contributed by atoms with Gasteiger partial charge in [0.05, 0.1) is 13.5 Å². The van der Waals surface area contributed by atoms with Crippen LogP contribution in [0.4, 0.5) is 4.79 Å². The van der Waals surface area contributed by atoms with Crippen molar-refractivity contribution < 1.29 is 19.1 Å². The minimum atomic E-state index is -1.30. The molecule has 0 unspecified atom stereocenters. The van der Waals surface area contributed by atoms with Gasteiger partial charge in [0.15, 0.2) is 5.54 Å². The first kappa shape index (κ1) is 16.7. The molecule has 2 aromatic rings. The monoisotopic (exact) mass is 338 g/mol. The average Bonchev–Trinajstić information content (AvgIpc) is 2.92. The zero-order chi connectivity index (χ0) is 17.9. The lowest BCUT2D eigenvalue weighted by Crippen LogP contribution is -2.45. The van der Waals surface area contributed by atoms with E-state index in [0.29, 0.717) is 11.1 Å². The van der Waals surface area contributed by atoms with Gasteiger partial charge in [0.2, 0.25) is 0 Å². The Balaban J connectivity index is 2.03. The second-order valence-electron chi connectivity index (χ2n) is 5.70. The number of hydrogen-bond acceptors (Lipinski definition) is 4. The molecule has 3 rings (SSSR count). The van der Waals surface area contributed by atoms with Crippen LogP contribution in [0.5, 0.6) is 0 Å². The van der Waals surface area contributed by atoms with Crippen LogP contribution < -0.4 is 5.32 Å². The topological polar surface area (TPSA) is 75.7 Å². The molecule has 128 valence electrons. The van der Waals surface area contributed by atoms with Gasteiger partial charge in [-0.15, -0.1) is 0 Å². The molecule has 1 N–H and O–H groups in total. The number of hydrogen-bond donors (Lipinski definition) is 1. The van der Waals surface area contributed by atoms with Crippen LogP contribution in [-0.4, -0.2) is 36.5 Å². The van der Waals surface area contributed by atoms with Crippen LogP contribution in [0.3, 0.4) is 0 Å². The first-order chi connectivity index (χ1) is 12.1. The Morgan fingerprint density at radius 1 is 1.00 bits per heavy atom. The molecule has 3 amide bonds. The second kappa shape index (κ2) is 6.76. The van der Waals surface area contributed by atoms with Crippen LogP contribution in [0.25, 0.3) is 0 Å². The summed E-state index contributed by atoms with van der Waals surface area (Å²) in [5.74, 6) is -0.878. The Morgan fingerprint density at radius 3 is 2.00 bits per heavy atom. The van der Waals surface area contributed by atoms with Gasteiger partial charge in [0.25, 0.3) is 5.91 Å². The largest absolute Gasteiger partial charge is 0.469 e. The van der Waals surface area contributed by atoms with Crippen LogP contribution in [0, 0.1) is 0 Å². The fourth-order valence-corrected chi connectivity index (χ4v) is 3.02. The van der Waals surface area contributed by atoms with Crippen molar-refractivity contribution in [3.63, 3.8) is 0 Å². The van der Waals surface area contributed by atoms with Gasteiger partial charge in [-0.05, 0) is 11.1 Å². The number of amides is 3. The van der Waals surface area contributed by atoms with Crippen molar-refractivity contribution >= 4 is 17.9 Å². The van der Waals surface area contributed by atoms with E-state index in [0.717, 1.165) is 4.90 Å². The molecule has 6 heteroatoms. The summed E-state index contributed by atoms with van der Waals surface area (Å²) >= 11 is 0. The van der Waals surface area contributed by atoms with Crippen LogP contribution >= 0.6 is 0 Å². The molecule has 0 atom stereocenters. The molecule has 6 nitrogen and oxygen atoms in total. The van der Waals surface area contributed by atoms with E-state index in [4.69, 9.17) is 0 Å². The number of nitrogens with zero attached hydrogens (tertiary/aromatic N) is 1. The number of rotatable bonds is 5. The third kappa shape index (κ3) is 2.87. The van der Waals surface area contributed by atoms with Crippen molar-refractivity contribution in [3.05, 3.63) is 71.8 Å². The molecular weight excluding hydrogens is 320 g/mol. The molecule has 1 aliphatic heterocycles. The first-order valence-electron chi connectivity index (χ1n) is 7.91. The lowest BCUT2D eigenvalue weighted by molar-refractivity contribution is -0.141. The smallest absolute Gasteiger partial charge is 0.325 e. The number of nitrogens with one attached hydrogen (secondary N) is 1. The second-order valence-corrected chi connectivity index (χ2v) is 5.70. The summed E-state index contributed by atoms with van der Waals surface area (Å²) in [4.78, 5) is 38.2. The summed E-state index contributed by atoms with van der Waals surface area (Å²) < 4.78 is 4.59. The standard InChI is InChI=1S/C19H18N2O4/c1-25-16(22)12-13-21-17(23)19(20-18(21)24,14-8-4-2-5-9-14)15-10-6-3-7-11-15/h2-11H,12-13H2,1H3,(H,20,24). The maximum Gasteiger partial charge on any atom is 0.325 e. The van der Waals surface area contributed by atoms with Gasteiger partial charge in [-0.2, -0.15) is 0 Å². The number of esters is 1. The maximum atomic E-state index is 13.2. The van der Waals surface area contributed by atoms with Gasteiger partial charge in [-0.3, -0.25) is 14.5 Å². The molecule has 1 saturated heterocycles. The van der Waals surface area contributed by atoms with E-state index in [2.05, 4.69) is 10.1 Å². The molecule has 25 heavy (non-hydrogen) atoms. The number of carbonyl (C=O) groups excluding carboxylic acids is 3. The predicted octanol–water partition coefficient (Wildman–Crippen LogP) is 2.05. The van der Waals surface area contributed by atoms with E-state index < -0.39 is 23.4 Å². The van der Waals surface area contributed by atoms with Gasteiger partial charge in [0, 0.05) is 6.54 Å². The van der Waals surface area contributed by atoms with Crippen LogP contribution in [0.2, 0.25) is 0 Å². The molecular formula is C19H18N2O4. The van der Waals surface area contributed by atoms with Gasteiger partial charge in [0.1, 0.15) is 0 Å². The Bertz CT molecular complexity index is 750. The molecule has 1 heterocycles. The van der Waals surface area contributed by atoms with Crippen molar-refractivity contribution in [1.29, 1.82) is 0 Å². The molecule has 0 aliphatic carbocycles. The fourth-order valence-electron chi connectivity index (χ4n) is 3.02. The molecule has 0 bridgehead atoms. The summed E-state index contributed by atoms with van der Waals surface area (Å²) in [5, 5.41) is 2.83. The molecule has 0 spiro atoms. The number of benzene rings is 2. The highest BCUT2D eigenvalue weighted by Gasteiger charge is 2.53. The van der Waals surface area contributed by atoms with Crippen molar-refractivity contribution in [2.45, 2.75) is 12.0 Å². The van der Waals surface area contributed by atoms with E-state index in [-0.39, 0.29) is 13.0 Å². The van der Waals surface area contributed by atoms with E-state index in [1.807, 2.05) is 36.4 Å². The van der Waals surface area contributed by atoms with Crippen molar-refractivity contribution in [3.8, 4) is 0 Å². The number of ether oxygens (including phenoxy) is 1. The zero-order valence-electron chi connectivity index (χ0n) is 13.8. The first-order valence-corrected chi connectivity index (χ1v) is 7.91. The average molecular weight is 338 g/mol. The lowest BCUT2D eigenvalue weighted by atomic mass is 9.82. The van der Waals surface area contributed by atoms with E-state index in [1.54, 1.807) is 24.3 Å². The summed E-state index contributed by atoms with van der Waals surface area (Å²) in [6, 6.07) is 17.6. The van der Waals surface area contributed by atoms with E-state index in [1.165, 1.54) is 7.11 Å². The Labute approximate surface area is 145 Å². The number of imide groups is 1. The summed E-state index contributed by atoms with van der Waals surface area (Å²) in [7, 11) is 1.27. The highest BCUT2D eigenvalue weighted by atomic mass is 16.5. The summed E-state index contributed by atoms with van der Waals surface area (Å²) in [5.41, 5.74) is 0.0376. The highest BCUT2D eigenvalue weighted by Crippen LogP contribution is 2.35. The third-order valence-corrected chi connectivity index (χ3v) is 4.29. The Morgan fingerprint density at radius 2 is 1.52 bits per heavy atom. The minimum Gasteiger partial charge on any atom is -0.469 e. The normalized spacial score (nSPS) is 15.8. The summed E-state index contributed by atoms with van der Waals surface area (Å²) in [6.45, 7) is -0.0290. The summed E-state index contributed by atoms with van der Waals surface area (Å²) in [6.07, 6.45) is -0.0463. The molecule has 0 radical (unpaired) electrons. The van der Waals surface area contributed by atoms with Gasteiger partial charge in [-0.1, -0.05) is 60.7 Å². The maximum absolute atomic E-state index is 13.2. The van der Waals surface area contributed by atoms with Crippen LogP contribution in [0.1, 0.15) is 17.5 Å². The number of methoxy groups -OCH3 is 1. The quantitative estimate of drug-likeness (QED) is 0.669. The van der Waals surface area contributed by atoms with Crippen molar-refractivity contribution in [2.24, 2.45) is 0 Å². The minimum absolute atomic E-state index is 0.0290. The zero-order valence-corrected chi connectivity index (χ0v) is 13.8. The van der Waals surface area contributed by atoms with Gasteiger partial charge >= 0.3 is 12.0 Å². The lowest BCUT2D eigenvalue weighted by Gasteiger charge is -2.28. The predicted molar refractivity (Wildman–Crippen MR) is 90.5 cm³/mol. The van der Waals surface area contributed by atoms with Gasteiger partial charge < -0.3 is 10.1 Å². The van der Waals surface area contributed by atoms with Crippen molar-refractivity contribution in [1.82, 2.24) is 10.2 Å². The molecule has 0 aromatic heterocycles.